The molecule has 3 rings (SSSR count). The molecule has 3 atom stereocenters. The maximum absolute atomic E-state index is 5.74. The van der Waals surface area contributed by atoms with Gasteiger partial charge in [0.2, 0.25) is 0 Å². The van der Waals surface area contributed by atoms with E-state index in [2.05, 4.69) is 36.6 Å². The predicted octanol–water partition coefficient (Wildman–Crippen LogP) is 3.08. The smallest absolute Gasteiger partial charge is 0.0576 e. The molecular weight excluding hydrogens is 222 g/mol. The molecule has 1 heterocycles. The lowest BCUT2D eigenvalue weighted by molar-refractivity contribution is 0.0967. The average Bonchev–Trinajstić information content (AvgIpc) is 3.03. The van der Waals surface area contributed by atoms with E-state index in [9.17, 15) is 0 Å². The van der Waals surface area contributed by atoms with E-state index in [-0.39, 0.29) is 0 Å². The number of rotatable bonds is 4. The molecule has 2 heteroatoms. The second-order valence-electron chi connectivity index (χ2n) is 5.64. The minimum absolute atomic E-state index is 0.534. The fourth-order valence-corrected chi connectivity index (χ4v) is 3.61. The zero-order valence-electron chi connectivity index (χ0n) is 11.2. The summed E-state index contributed by atoms with van der Waals surface area (Å²) in [6.07, 6.45) is 6.80. The summed E-state index contributed by atoms with van der Waals surface area (Å²) in [5.74, 6) is 0.747. The lowest BCUT2D eigenvalue weighted by atomic mass is 9.93. The SMILES string of the molecule is CNC1c2ccccc2CC1CCC1CCCO1. The molecule has 0 aromatic heterocycles. The molecule has 0 spiro atoms. The summed E-state index contributed by atoms with van der Waals surface area (Å²) in [6, 6.07) is 9.43. The summed E-state index contributed by atoms with van der Waals surface area (Å²) in [7, 11) is 2.09. The van der Waals surface area contributed by atoms with Gasteiger partial charge in [0.1, 0.15) is 0 Å². The largest absolute Gasteiger partial charge is 0.378 e. The van der Waals surface area contributed by atoms with E-state index in [1.165, 1.54) is 43.2 Å². The molecule has 1 fully saturated rings. The molecule has 1 aromatic carbocycles. The Morgan fingerprint density at radius 1 is 1.28 bits per heavy atom. The number of benzene rings is 1. The first-order valence-electron chi connectivity index (χ1n) is 7.25. The van der Waals surface area contributed by atoms with E-state index in [4.69, 9.17) is 4.74 Å². The fourth-order valence-electron chi connectivity index (χ4n) is 3.61. The Bertz CT molecular complexity index is 398. The van der Waals surface area contributed by atoms with Crippen molar-refractivity contribution in [1.29, 1.82) is 0 Å². The van der Waals surface area contributed by atoms with Crippen molar-refractivity contribution >= 4 is 0 Å². The molecule has 98 valence electrons. The zero-order chi connectivity index (χ0) is 12.4. The summed E-state index contributed by atoms with van der Waals surface area (Å²) in [5, 5.41) is 3.50. The first-order chi connectivity index (χ1) is 8.88. The monoisotopic (exact) mass is 245 g/mol. The maximum atomic E-state index is 5.74. The van der Waals surface area contributed by atoms with E-state index in [0.717, 1.165) is 12.5 Å². The van der Waals surface area contributed by atoms with E-state index in [1.54, 1.807) is 0 Å². The van der Waals surface area contributed by atoms with Gasteiger partial charge < -0.3 is 10.1 Å². The molecule has 1 N–H and O–H groups in total. The summed E-state index contributed by atoms with van der Waals surface area (Å²) in [5.41, 5.74) is 3.05. The van der Waals surface area contributed by atoms with Gasteiger partial charge >= 0.3 is 0 Å². The van der Waals surface area contributed by atoms with Crippen LogP contribution in [-0.2, 0) is 11.2 Å². The van der Waals surface area contributed by atoms with Crippen LogP contribution in [0.4, 0.5) is 0 Å². The summed E-state index contributed by atoms with van der Waals surface area (Å²) in [6.45, 7) is 0.977. The van der Waals surface area contributed by atoms with E-state index < -0.39 is 0 Å². The van der Waals surface area contributed by atoms with E-state index in [1.807, 2.05) is 0 Å². The molecular formula is C16H23NO. The van der Waals surface area contributed by atoms with Gasteiger partial charge in [0.15, 0.2) is 0 Å². The summed E-state index contributed by atoms with van der Waals surface area (Å²) in [4.78, 5) is 0. The zero-order valence-corrected chi connectivity index (χ0v) is 11.2. The van der Waals surface area contributed by atoms with Crippen LogP contribution in [0, 0.1) is 5.92 Å². The van der Waals surface area contributed by atoms with Crippen LogP contribution < -0.4 is 5.32 Å². The molecule has 0 saturated carbocycles. The molecule has 2 aliphatic rings. The maximum Gasteiger partial charge on any atom is 0.0576 e. The van der Waals surface area contributed by atoms with Crippen LogP contribution in [0.2, 0.25) is 0 Å². The number of nitrogens with one attached hydrogen (secondary N) is 1. The van der Waals surface area contributed by atoms with Crippen LogP contribution in [0.25, 0.3) is 0 Å². The first-order valence-corrected chi connectivity index (χ1v) is 7.25. The Morgan fingerprint density at radius 2 is 2.17 bits per heavy atom. The third-order valence-corrected chi connectivity index (χ3v) is 4.54. The Labute approximate surface area is 110 Å². The Balaban J connectivity index is 1.63. The molecule has 2 nitrogen and oxygen atoms in total. The third-order valence-electron chi connectivity index (χ3n) is 4.54. The van der Waals surface area contributed by atoms with Gasteiger partial charge in [0.05, 0.1) is 6.10 Å². The highest BCUT2D eigenvalue weighted by molar-refractivity contribution is 5.35. The van der Waals surface area contributed by atoms with Crippen LogP contribution in [0.15, 0.2) is 24.3 Å². The molecule has 0 amide bonds. The number of hydrogen-bond donors (Lipinski definition) is 1. The summed E-state index contributed by atoms with van der Waals surface area (Å²) < 4.78 is 5.74. The van der Waals surface area contributed by atoms with Crippen molar-refractivity contribution in [2.45, 2.75) is 44.2 Å². The standard InChI is InChI=1S/C16H23NO/c1-17-16-13(8-9-14-6-4-10-18-14)11-12-5-2-3-7-15(12)16/h2-3,5,7,13-14,16-17H,4,6,8-11H2,1H3. The van der Waals surface area contributed by atoms with Crippen LogP contribution >= 0.6 is 0 Å². The van der Waals surface area contributed by atoms with E-state index in [0.29, 0.717) is 12.1 Å². The van der Waals surface area contributed by atoms with Crippen molar-refractivity contribution in [3.63, 3.8) is 0 Å². The molecule has 1 aromatic rings. The second-order valence-corrected chi connectivity index (χ2v) is 5.64. The predicted molar refractivity (Wildman–Crippen MR) is 73.6 cm³/mol. The molecule has 3 unspecified atom stereocenters. The second kappa shape index (κ2) is 5.41. The van der Waals surface area contributed by atoms with Crippen LogP contribution in [0.5, 0.6) is 0 Å². The number of hydrogen-bond acceptors (Lipinski definition) is 2. The number of fused-ring (bicyclic) bond motifs is 1. The molecule has 0 bridgehead atoms. The van der Waals surface area contributed by atoms with Gasteiger partial charge in [-0.1, -0.05) is 24.3 Å². The molecule has 1 aliphatic heterocycles. The van der Waals surface area contributed by atoms with Gasteiger partial charge in [-0.2, -0.15) is 0 Å². The lowest BCUT2D eigenvalue weighted by Crippen LogP contribution is -2.22. The summed E-state index contributed by atoms with van der Waals surface area (Å²) >= 11 is 0. The van der Waals surface area contributed by atoms with Crippen molar-refractivity contribution in [2.24, 2.45) is 5.92 Å². The van der Waals surface area contributed by atoms with Crippen LogP contribution in [0.1, 0.15) is 42.9 Å². The quantitative estimate of drug-likeness (QED) is 0.880. The highest BCUT2D eigenvalue weighted by Gasteiger charge is 2.31. The molecule has 1 saturated heterocycles. The third kappa shape index (κ3) is 2.32. The molecule has 0 radical (unpaired) electrons. The van der Waals surface area contributed by atoms with Gasteiger partial charge in [-0.3, -0.25) is 0 Å². The van der Waals surface area contributed by atoms with Crippen molar-refractivity contribution < 1.29 is 4.74 Å². The van der Waals surface area contributed by atoms with Crippen molar-refractivity contribution in [2.75, 3.05) is 13.7 Å². The highest BCUT2D eigenvalue weighted by atomic mass is 16.5. The molecule has 18 heavy (non-hydrogen) atoms. The normalized spacial score (nSPS) is 30.6. The van der Waals surface area contributed by atoms with Crippen molar-refractivity contribution in [1.82, 2.24) is 5.32 Å². The Morgan fingerprint density at radius 3 is 2.94 bits per heavy atom. The van der Waals surface area contributed by atoms with Crippen LogP contribution in [0.3, 0.4) is 0 Å². The van der Waals surface area contributed by atoms with Crippen molar-refractivity contribution in [3.8, 4) is 0 Å². The van der Waals surface area contributed by atoms with Gasteiger partial charge in [0, 0.05) is 12.6 Å². The minimum Gasteiger partial charge on any atom is -0.378 e. The highest BCUT2D eigenvalue weighted by Crippen LogP contribution is 2.38. The van der Waals surface area contributed by atoms with Crippen molar-refractivity contribution in [3.05, 3.63) is 35.4 Å². The first kappa shape index (κ1) is 12.2. The van der Waals surface area contributed by atoms with E-state index >= 15 is 0 Å². The minimum atomic E-state index is 0.534. The fraction of sp³-hybridized carbons (Fsp3) is 0.625. The Kier molecular flexibility index (Phi) is 3.67. The van der Waals surface area contributed by atoms with Gasteiger partial charge in [-0.15, -0.1) is 0 Å². The van der Waals surface area contributed by atoms with Gasteiger partial charge in [-0.05, 0) is 56.2 Å². The number of ether oxygens (including phenoxy) is 1. The van der Waals surface area contributed by atoms with Gasteiger partial charge in [0.25, 0.3) is 0 Å². The lowest BCUT2D eigenvalue weighted by Gasteiger charge is -2.21. The van der Waals surface area contributed by atoms with Gasteiger partial charge in [-0.25, -0.2) is 0 Å². The topological polar surface area (TPSA) is 21.3 Å². The average molecular weight is 245 g/mol. The molecule has 1 aliphatic carbocycles. The van der Waals surface area contributed by atoms with Crippen LogP contribution in [-0.4, -0.2) is 19.8 Å². The Hall–Kier alpha value is -0.860.